The van der Waals surface area contributed by atoms with Crippen molar-refractivity contribution in [3.05, 3.63) is 58.6 Å². The van der Waals surface area contributed by atoms with E-state index in [-0.39, 0.29) is 24.5 Å². The fourth-order valence-corrected chi connectivity index (χ4v) is 2.93. The number of ether oxygens (including phenoxy) is 1. The molecule has 2 amide bonds. The first-order valence-corrected chi connectivity index (χ1v) is 9.42. The van der Waals surface area contributed by atoms with Crippen LogP contribution in [0.2, 0.25) is 0 Å². The van der Waals surface area contributed by atoms with E-state index in [9.17, 15) is 14.4 Å². The molecule has 0 bridgehead atoms. The molecule has 2 aromatic carbocycles. The summed E-state index contributed by atoms with van der Waals surface area (Å²) in [5.41, 5.74) is 2.31. The Hall–Kier alpha value is -3.00. The minimum absolute atomic E-state index is 0.106. The molecule has 1 heterocycles. The number of halogens is 1. The minimum atomic E-state index is -0.714. The standard InChI is InChI=1S/C20H18BrN3O4/c1-13-7-8-14(11-16(13)21)22-18(25)12-28-20(27)17-9-10-19(26)24(23-17)15-5-3-2-4-6-15/h2-8,11H,9-10,12H2,1H3,(H,22,25). The second-order valence-corrected chi connectivity index (χ2v) is 7.03. The van der Waals surface area contributed by atoms with Crippen molar-refractivity contribution >= 4 is 50.8 Å². The van der Waals surface area contributed by atoms with Crippen LogP contribution in [0.3, 0.4) is 0 Å². The van der Waals surface area contributed by atoms with Crippen molar-refractivity contribution in [1.29, 1.82) is 0 Å². The summed E-state index contributed by atoms with van der Waals surface area (Å²) in [6.07, 6.45) is 0.319. The van der Waals surface area contributed by atoms with Gasteiger partial charge in [-0.1, -0.05) is 40.2 Å². The largest absolute Gasteiger partial charge is 0.451 e. The second kappa shape index (κ2) is 8.79. The van der Waals surface area contributed by atoms with E-state index in [1.165, 1.54) is 5.01 Å². The average molecular weight is 444 g/mol. The predicted molar refractivity (Wildman–Crippen MR) is 109 cm³/mol. The average Bonchev–Trinajstić information content (AvgIpc) is 2.70. The van der Waals surface area contributed by atoms with Gasteiger partial charge >= 0.3 is 5.97 Å². The minimum Gasteiger partial charge on any atom is -0.451 e. The summed E-state index contributed by atoms with van der Waals surface area (Å²) in [5.74, 6) is -1.38. The number of para-hydroxylation sites is 1. The van der Waals surface area contributed by atoms with Crippen molar-refractivity contribution in [2.45, 2.75) is 19.8 Å². The fraction of sp³-hybridized carbons (Fsp3) is 0.200. The summed E-state index contributed by atoms with van der Waals surface area (Å²) in [6.45, 7) is 1.49. The summed E-state index contributed by atoms with van der Waals surface area (Å²) >= 11 is 3.40. The van der Waals surface area contributed by atoms with Crippen molar-refractivity contribution in [3.8, 4) is 0 Å². The normalized spacial score (nSPS) is 13.7. The molecule has 1 N–H and O–H groups in total. The summed E-state index contributed by atoms with van der Waals surface area (Å²) in [5, 5.41) is 7.95. The molecule has 3 rings (SSSR count). The van der Waals surface area contributed by atoms with Gasteiger partial charge in [0.1, 0.15) is 5.71 Å². The molecule has 0 atom stereocenters. The Morgan fingerprint density at radius 2 is 1.93 bits per heavy atom. The molecule has 1 aliphatic rings. The maximum absolute atomic E-state index is 12.3. The highest BCUT2D eigenvalue weighted by Crippen LogP contribution is 2.21. The Balaban J connectivity index is 1.60. The molecule has 28 heavy (non-hydrogen) atoms. The molecule has 0 aliphatic carbocycles. The number of rotatable bonds is 5. The molecule has 1 aliphatic heterocycles. The van der Waals surface area contributed by atoms with Gasteiger partial charge in [-0.25, -0.2) is 9.80 Å². The van der Waals surface area contributed by atoms with Crippen LogP contribution in [-0.4, -0.2) is 30.1 Å². The summed E-state index contributed by atoms with van der Waals surface area (Å²) in [7, 11) is 0. The molecule has 0 fully saturated rings. The molecular formula is C20H18BrN3O4. The number of benzene rings is 2. The van der Waals surface area contributed by atoms with E-state index in [0.717, 1.165) is 10.0 Å². The number of aryl methyl sites for hydroxylation is 1. The second-order valence-electron chi connectivity index (χ2n) is 6.18. The van der Waals surface area contributed by atoms with Crippen molar-refractivity contribution < 1.29 is 19.1 Å². The zero-order chi connectivity index (χ0) is 20.1. The number of esters is 1. The van der Waals surface area contributed by atoms with Crippen LogP contribution in [-0.2, 0) is 19.1 Å². The molecular weight excluding hydrogens is 426 g/mol. The highest BCUT2D eigenvalue weighted by molar-refractivity contribution is 9.10. The maximum Gasteiger partial charge on any atom is 0.355 e. The number of nitrogens with one attached hydrogen (secondary N) is 1. The lowest BCUT2D eigenvalue weighted by atomic mass is 10.1. The van der Waals surface area contributed by atoms with E-state index in [4.69, 9.17) is 4.74 Å². The lowest BCUT2D eigenvalue weighted by molar-refractivity contribution is -0.140. The van der Waals surface area contributed by atoms with E-state index < -0.39 is 18.5 Å². The summed E-state index contributed by atoms with van der Waals surface area (Å²) < 4.78 is 5.92. The van der Waals surface area contributed by atoms with E-state index in [2.05, 4.69) is 26.3 Å². The van der Waals surface area contributed by atoms with Crippen LogP contribution in [0.4, 0.5) is 11.4 Å². The SMILES string of the molecule is Cc1ccc(NC(=O)COC(=O)C2=NN(c3ccccc3)C(=O)CC2)cc1Br. The van der Waals surface area contributed by atoms with Gasteiger partial charge in [0.15, 0.2) is 6.61 Å². The summed E-state index contributed by atoms with van der Waals surface area (Å²) in [6, 6.07) is 14.2. The number of nitrogens with zero attached hydrogens (tertiary/aromatic N) is 2. The van der Waals surface area contributed by atoms with Crippen LogP contribution in [0.15, 0.2) is 58.1 Å². The fourth-order valence-electron chi connectivity index (χ4n) is 2.55. The number of carbonyl (C=O) groups is 3. The van der Waals surface area contributed by atoms with E-state index >= 15 is 0 Å². The molecule has 0 aromatic heterocycles. The Bertz CT molecular complexity index is 944. The van der Waals surface area contributed by atoms with Gasteiger partial charge in [-0.2, -0.15) is 5.10 Å². The molecule has 0 radical (unpaired) electrons. The van der Waals surface area contributed by atoms with Gasteiger partial charge in [0.05, 0.1) is 5.69 Å². The van der Waals surface area contributed by atoms with Gasteiger partial charge in [-0.05, 0) is 36.8 Å². The third-order valence-electron chi connectivity index (χ3n) is 4.06. The number of hydrogen-bond acceptors (Lipinski definition) is 5. The van der Waals surface area contributed by atoms with Crippen molar-refractivity contribution in [1.82, 2.24) is 0 Å². The van der Waals surface area contributed by atoms with E-state index in [1.807, 2.05) is 19.1 Å². The Morgan fingerprint density at radius 3 is 2.64 bits per heavy atom. The van der Waals surface area contributed by atoms with Crippen molar-refractivity contribution in [2.75, 3.05) is 16.9 Å². The first-order chi connectivity index (χ1) is 13.4. The number of carbonyl (C=O) groups excluding carboxylic acids is 3. The number of hydrazone groups is 1. The molecule has 0 spiro atoms. The van der Waals surface area contributed by atoms with Crippen LogP contribution in [0.5, 0.6) is 0 Å². The van der Waals surface area contributed by atoms with E-state index in [1.54, 1.807) is 36.4 Å². The number of hydrogen-bond donors (Lipinski definition) is 1. The van der Waals surface area contributed by atoms with Crippen LogP contribution in [0.25, 0.3) is 0 Å². The lowest BCUT2D eigenvalue weighted by Gasteiger charge is -2.22. The van der Waals surface area contributed by atoms with Crippen LogP contribution in [0.1, 0.15) is 18.4 Å². The van der Waals surface area contributed by atoms with Gasteiger partial charge in [-0.15, -0.1) is 0 Å². The smallest absolute Gasteiger partial charge is 0.355 e. The predicted octanol–water partition coefficient (Wildman–Crippen LogP) is 3.42. The number of amides is 2. The zero-order valence-electron chi connectivity index (χ0n) is 15.1. The van der Waals surface area contributed by atoms with Crippen molar-refractivity contribution in [3.63, 3.8) is 0 Å². The van der Waals surface area contributed by atoms with Crippen LogP contribution < -0.4 is 10.3 Å². The lowest BCUT2D eigenvalue weighted by Crippen LogP contribution is -2.35. The molecule has 2 aromatic rings. The third kappa shape index (κ3) is 4.83. The number of anilines is 2. The van der Waals surface area contributed by atoms with Crippen LogP contribution >= 0.6 is 15.9 Å². The van der Waals surface area contributed by atoms with Gasteiger partial charge < -0.3 is 10.1 Å². The topological polar surface area (TPSA) is 88.1 Å². The van der Waals surface area contributed by atoms with Crippen LogP contribution in [0, 0.1) is 6.92 Å². The molecule has 7 nitrogen and oxygen atoms in total. The van der Waals surface area contributed by atoms with Gasteiger partial charge in [0.25, 0.3) is 5.91 Å². The van der Waals surface area contributed by atoms with Gasteiger partial charge in [0, 0.05) is 23.0 Å². The first-order valence-electron chi connectivity index (χ1n) is 8.62. The Morgan fingerprint density at radius 1 is 1.18 bits per heavy atom. The van der Waals surface area contributed by atoms with Crippen molar-refractivity contribution in [2.24, 2.45) is 5.10 Å². The molecule has 0 unspecified atom stereocenters. The molecule has 144 valence electrons. The highest BCUT2D eigenvalue weighted by atomic mass is 79.9. The summed E-state index contributed by atoms with van der Waals surface area (Å²) in [4.78, 5) is 36.4. The Labute approximate surface area is 170 Å². The molecule has 0 saturated heterocycles. The quantitative estimate of drug-likeness (QED) is 0.716. The van der Waals surface area contributed by atoms with Gasteiger partial charge in [-0.3, -0.25) is 9.59 Å². The monoisotopic (exact) mass is 443 g/mol. The first kappa shape index (κ1) is 19.8. The Kier molecular flexibility index (Phi) is 6.20. The maximum atomic E-state index is 12.3. The third-order valence-corrected chi connectivity index (χ3v) is 4.91. The molecule has 8 heteroatoms. The zero-order valence-corrected chi connectivity index (χ0v) is 16.7. The molecule has 0 saturated carbocycles. The highest BCUT2D eigenvalue weighted by Gasteiger charge is 2.26. The van der Waals surface area contributed by atoms with Gasteiger partial charge in [0.2, 0.25) is 5.91 Å². The van der Waals surface area contributed by atoms with E-state index in [0.29, 0.717) is 11.4 Å².